The van der Waals surface area contributed by atoms with Crippen LogP contribution in [0.2, 0.25) is 0 Å². The van der Waals surface area contributed by atoms with Crippen molar-refractivity contribution < 1.29 is 5.11 Å². The molecule has 0 spiro atoms. The van der Waals surface area contributed by atoms with Gasteiger partial charge in [0.1, 0.15) is 0 Å². The number of nitrogens with two attached hydrogens (primary N) is 1. The molecule has 0 saturated carbocycles. The van der Waals surface area contributed by atoms with Crippen molar-refractivity contribution in [2.24, 2.45) is 5.73 Å². The lowest BCUT2D eigenvalue weighted by atomic mass is 9.90. The van der Waals surface area contributed by atoms with E-state index in [2.05, 4.69) is 0 Å². The van der Waals surface area contributed by atoms with Gasteiger partial charge >= 0.3 is 0 Å². The molecule has 64 valence electrons. The molecule has 0 rings (SSSR count). The van der Waals surface area contributed by atoms with Crippen molar-refractivity contribution in [2.45, 2.75) is 45.3 Å². The first-order chi connectivity index (χ1) is 4.06. The summed E-state index contributed by atoms with van der Waals surface area (Å²) in [4.78, 5) is 0. The summed E-state index contributed by atoms with van der Waals surface area (Å²) in [5, 5.41) is 9.58. The van der Waals surface area contributed by atoms with Crippen LogP contribution in [0.15, 0.2) is 0 Å². The van der Waals surface area contributed by atoms with Crippen LogP contribution in [-0.4, -0.2) is 16.7 Å². The lowest BCUT2D eigenvalue weighted by Gasteiger charge is -2.29. The van der Waals surface area contributed by atoms with Crippen LogP contribution >= 0.6 is 12.4 Å². The van der Waals surface area contributed by atoms with Gasteiger partial charge < -0.3 is 10.8 Å². The molecular formula is C7H18ClNO. The van der Waals surface area contributed by atoms with Gasteiger partial charge in [-0.25, -0.2) is 0 Å². The molecule has 3 N–H and O–H groups in total. The number of aliphatic hydroxyl groups is 1. The lowest BCUT2D eigenvalue weighted by molar-refractivity contribution is 0.0119. The van der Waals surface area contributed by atoms with E-state index in [1.165, 1.54) is 0 Å². The average molecular weight is 168 g/mol. The van der Waals surface area contributed by atoms with Crippen molar-refractivity contribution >= 4 is 12.4 Å². The fourth-order valence-corrected chi connectivity index (χ4v) is 0.894. The van der Waals surface area contributed by atoms with Crippen LogP contribution in [0.1, 0.15) is 33.6 Å². The summed E-state index contributed by atoms with van der Waals surface area (Å²) < 4.78 is 0. The Morgan fingerprint density at radius 3 is 1.70 bits per heavy atom. The Morgan fingerprint density at radius 2 is 1.70 bits per heavy atom. The molecule has 0 aromatic carbocycles. The molecule has 1 atom stereocenters. The van der Waals surface area contributed by atoms with Crippen LogP contribution in [0, 0.1) is 0 Å². The average Bonchev–Trinajstić information content (AvgIpc) is 1.86. The highest BCUT2D eigenvalue weighted by molar-refractivity contribution is 5.85. The predicted octanol–water partition coefficient (Wildman–Crippen LogP) is 1.31. The Morgan fingerprint density at radius 1 is 1.40 bits per heavy atom. The zero-order valence-corrected chi connectivity index (χ0v) is 7.74. The molecule has 0 aromatic heterocycles. The smallest absolute Gasteiger partial charge is 0.0790 e. The molecule has 0 aliphatic heterocycles. The van der Waals surface area contributed by atoms with Gasteiger partial charge in [0, 0.05) is 6.04 Å². The van der Waals surface area contributed by atoms with Gasteiger partial charge in [-0.3, -0.25) is 0 Å². The van der Waals surface area contributed by atoms with Crippen LogP contribution in [-0.2, 0) is 0 Å². The molecule has 2 nitrogen and oxygen atoms in total. The van der Waals surface area contributed by atoms with Gasteiger partial charge in [0.2, 0.25) is 0 Å². The summed E-state index contributed by atoms with van der Waals surface area (Å²) in [7, 11) is 0. The van der Waals surface area contributed by atoms with E-state index in [0.717, 1.165) is 12.8 Å². The second-order valence-corrected chi connectivity index (χ2v) is 2.60. The number of hydrogen-bond acceptors (Lipinski definition) is 2. The van der Waals surface area contributed by atoms with Crippen molar-refractivity contribution in [1.82, 2.24) is 0 Å². The zero-order valence-electron chi connectivity index (χ0n) is 6.92. The Labute approximate surface area is 69.2 Å². The fourth-order valence-electron chi connectivity index (χ4n) is 0.894. The van der Waals surface area contributed by atoms with Crippen LogP contribution in [0.25, 0.3) is 0 Å². The molecule has 0 heterocycles. The largest absolute Gasteiger partial charge is 0.388 e. The molecule has 0 fully saturated rings. The predicted molar refractivity (Wildman–Crippen MR) is 46.4 cm³/mol. The number of hydrogen-bond donors (Lipinski definition) is 2. The molecule has 3 heteroatoms. The van der Waals surface area contributed by atoms with E-state index in [1.807, 2.05) is 20.8 Å². The molecule has 0 radical (unpaired) electrons. The Hall–Kier alpha value is 0.210. The van der Waals surface area contributed by atoms with Crippen LogP contribution < -0.4 is 5.73 Å². The van der Waals surface area contributed by atoms with E-state index >= 15 is 0 Å². The first kappa shape index (κ1) is 12.8. The molecule has 0 bridgehead atoms. The van der Waals surface area contributed by atoms with E-state index in [1.54, 1.807) is 0 Å². The summed E-state index contributed by atoms with van der Waals surface area (Å²) in [5.74, 6) is 0. The second kappa shape index (κ2) is 4.94. The fraction of sp³-hybridized carbons (Fsp3) is 1.00. The summed E-state index contributed by atoms with van der Waals surface area (Å²) in [6, 6.07) is -0.118. The molecule has 0 unspecified atom stereocenters. The zero-order chi connectivity index (χ0) is 7.49. The van der Waals surface area contributed by atoms with Gasteiger partial charge in [0.15, 0.2) is 0 Å². The molecule has 0 aliphatic rings. The maximum atomic E-state index is 9.58. The van der Waals surface area contributed by atoms with Crippen molar-refractivity contribution in [3.63, 3.8) is 0 Å². The topological polar surface area (TPSA) is 46.2 Å². The third-order valence-corrected chi connectivity index (χ3v) is 2.07. The summed E-state index contributed by atoms with van der Waals surface area (Å²) >= 11 is 0. The summed E-state index contributed by atoms with van der Waals surface area (Å²) in [6.07, 6.45) is 1.47. The van der Waals surface area contributed by atoms with Crippen molar-refractivity contribution in [3.8, 4) is 0 Å². The van der Waals surface area contributed by atoms with Crippen LogP contribution in [0.5, 0.6) is 0 Å². The molecule has 0 aliphatic carbocycles. The second-order valence-electron chi connectivity index (χ2n) is 2.60. The van der Waals surface area contributed by atoms with Gasteiger partial charge in [0.05, 0.1) is 5.60 Å². The minimum Gasteiger partial charge on any atom is -0.388 e. The normalized spacial score (nSPS) is 14.1. The molecule has 0 saturated heterocycles. The standard InChI is InChI=1S/C7H17NO.ClH/c1-4-7(9,5-2)6(3)8;/h6,9H,4-5,8H2,1-3H3;1H/t6-;/m1./s1. The summed E-state index contributed by atoms with van der Waals surface area (Å²) in [6.45, 7) is 5.74. The quantitative estimate of drug-likeness (QED) is 0.666. The minimum atomic E-state index is -0.639. The first-order valence-corrected chi connectivity index (χ1v) is 3.54. The Bertz CT molecular complexity index is 81.7. The molecule has 0 amide bonds. The van der Waals surface area contributed by atoms with Gasteiger partial charge in [-0.05, 0) is 19.8 Å². The van der Waals surface area contributed by atoms with E-state index in [9.17, 15) is 5.11 Å². The highest BCUT2D eigenvalue weighted by atomic mass is 35.5. The maximum Gasteiger partial charge on any atom is 0.0790 e. The minimum absolute atomic E-state index is 0. The van der Waals surface area contributed by atoms with Crippen LogP contribution in [0.4, 0.5) is 0 Å². The van der Waals surface area contributed by atoms with E-state index in [4.69, 9.17) is 5.73 Å². The third-order valence-electron chi connectivity index (χ3n) is 2.07. The van der Waals surface area contributed by atoms with E-state index in [0.29, 0.717) is 0 Å². The first-order valence-electron chi connectivity index (χ1n) is 3.54. The maximum absolute atomic E-state index is 9.58. The molecule has 10 heavy (non-hydrogen) atoms. The number of halogens is 1. The highest BCUT2D eigenvalue weighted by Crippen LogP contribution is 2.16. The van der Waals surface area contributed by atoms with Crippen LogP contribution in [0.3, 0.4) is 0 Å². The van der Waals surface area contributed by atoms with Crippen molar-refractivity contribution in [3.05, 3.63) is 0 Å². The van der Waals surface area contributed by atoms with Gasteiger partial charge in [0.25, 0.3) is 0 Å². The third kappa shape index (κ3) is 2.86. The van der Waals surface area contributed by atoms with E-state index < -0.39 is 5.60 Å². The van der Waals surface area contributed by atoms with Crippen molar-refractivity contribution in [1.29, 1.82) is 0 Å². The van der Waals surface area contributed by atoms with Gasteiger partial charge in [-0.2, -0.15) is 0 Å². The summed E-state index contributed by atoms with van der Waals surface area (Å²) in [5.41, 5.74) is 4.90. The van der Waals surface area contributed by atoms with Crippen molar-refractivity contribution in [2.75, 3.05) is 0 Å². The lowest BCUT2D eigenvalue weighted by Crippen LogP contribution is -2.44. The SMILES string of the molecule is CCC(O)(CC)[C@@H](C)N.Cl. The van der Waals surface area contributed by atoms with E-state index in [-0.39, 0.29) is 18.4 Å². The highest BCUT2D eigenvalue weighted by Gasteiger charge is 2.26. The Balaban J connectivity index is 0. The molecular weight excluding hydrogens is 150 g/mol. The monoisotopic (exact) mass is 167 g/mol. The number of rotatable bonds is 3. The Kier molecular flexibility index (Phi) is 6.35. The van der Waals surface area contributed by atoms with Gasteiger partial charge in [-0.1, -0.05) is 13.8 Å². The van der Waals surface area contributed by atoms with Gasteiger partial charge in [-0.15, -0.1) is 12.4 Å². The molecule has 0 aromatic rings.